The Morgan fingerprint density at radius 2 is 0.972 bits per heavy atom. The highest BCUT2D eigenvalue weighted by Gasteiger charge is 2.18. The molecule has 36 heavy (non-hydrogen) atoms. The van der Waals surface area contributed by atoms with Gasteiger partial charge in [-0.25, -0.2) is 4.98 Å². The molecule has 5 nitrogen and oxygen atoms in total. The Kier molecular flexibility index (Phi) is 9.40. The third-order valence-electron chi connectivity index (χ3n) is 6.29. The molecule has 0 unspecified atom stereocenters. The van der Waals surface area contributed by atoms with Gasteiger partial charge < -0.3 is 10.6 Å². The Labute approximate surface area is 215 Å². The zero-order valence-electron chi connectivity index (χ0n) is 22.3. The summed E-state index contributed by atoms with van der Waals surface area (Å²) in [5.74, 6) is 1.07. The first-order valence-corrected chi connectivity index (χ1v) is 12.9. The molecule has 0 radical (unpaired) electrons. The van der Waals surface area contributed by atoms with E-state index in [2.05, 4.69) is 67.6 Å². The number of hydrogen-bond donors (Lipinski definition) is 2. The smallest absolute Gasteiger partial charge is 0.232 e. The third kappa shape index (κ3) is 7.77. The molecule has 190 valence electrons. The monoisotopic (exact) mass is 485 g/mol. The molecule has 5 heteroatoms. The zero-order chi connectivity index (χ0) is 26.2. The minimum atomic E-state index is -0.322. The molecule has 3 aromatic rings. The highest BCUT2D eigenvalue weighted by molar-refractivity contribution is 5.96. The first-order valence-electron chi connectivity index (χ1n) is 12.9. The normalized spacial score (nSPS) is 12.9. The number of benzene rings is 2. The van der Waals surface area contributed by atoms with Gasteiger partial charge in [0.1, 0.15) is 11.6 Å². The van der Waals surface area contributed by atoms with Crippen LogP contribution in [0, 0.1) is 11.8 Å². The molecular formula is C31H39N3O2. The van der Waals surface area contributed by atoms with Crippen molar-refractivity contribution < 1.29 is 9.59 Å². The van der Waals surface area contributed by atoms with Crippen LogP contribution in [0.1, 0.15) is 75.6 Å². The number of rotatable bonds is 10. The lowest BCUT2D eigenvalue weighted by atomic mass is 9.96. The van der Waals surface area contributed by atoms with Crippen molar-refractivity contribution in [3.8, 4) is 0 Å². The van der Waals surface area contributed by atoms with E-state index >= 15 is 0 Å². The highest BCUT2D eigenvalue weighted by atomic mass is 16.2. The van der Waals surface area contributed by atoms with Crippen LogP contribution in [-0.2, 0) is 22.4 Å². The largest absolute Gasteiger partial charge is 0.310 e. The van der Waals surface area contributed by atoms with Crippen molar-refractivity contribution in [3.05, 3.63) is 89.0 Å². The summed E-state index contributed by atoms with van der Waals surface area (Å²) >= 11 is 0. The minimum absolute atomic E-state index is 0.141. The number of nitrogens with one attached hydrogen (secondary N) is 2. The van der Waals surface area contributed by atoms with E-state index in [0.29, 0.717) is 23.5 Å². The fourth-order valence-corrected chi connectivity index (χ4v) is 4.17. The van der Waals surface area contributed by atoms with Crippen LogP contribution in [-0.4, -0.2) is 16.8 Å². The highest BCUT2D eigenvalue weighted by Crippen LogP contribution is 2.22. The first-order chi connectivity index (χ1) is 17.1. The van der Waals surface area contributed by atoms with E-state index in [1.54, 1.807) is 18.2 Å². The van der Waals surface area contributed by atoms with Gasteiger partial charge in [0.2, 0.25) is 11.8 Å². The van der Waals surface area contributed by atoms with Gasteiger partial charge in [-0.3, -0.25) is 9.59 Å². The van der Waals surface area contributed by atoms with Crippen molar-refractivity contribution in [2.75, 3.05) is 10.6 Å². The summed E-state index contributed by atoms with van der Waals surface area (Å²) < 4.78 is 0. The molecule has 1 aromatic heterocycles. The maximum absolute atomic E-state index is 12.9. The molecule has 2 N–H and O–H groups in total. The molecular weight excluding hydrogens is 446 g/mol. The van der Waals surface area contributed by atoms with Crippen molar-refractivity contribution >= 4 is 23.5 Å². The summed E-state index contributed by atoms with van der Waals surface area (Å²) in [7, 11) is 0. The van der Waals surface area contributed by atoms with Gasteiger partial charge in [0.05, 0.1) is 11.8 Å². The summed E-state index contributed by atoms with van der Waals surface area (Å²) in [6, 6.07) is 21.6. The van der Waals surface area contributed by atoms with Gasteiger partial charge in [0, 0.05) is 0 Å². The molecule has 0 aliphatic rings. The van der Waals surface area contributed by atoms with Crippen molar-refractivity contribution in [2.24, 2.45) is 11.8 Å². The maximum atomic E-state index is 12.9. The van der Waals surface area contributed by atoms with Crippen LogP contribution in [0.25, 0.3) is 0 Å². The molecule has 2 aromatic carbocycles. The fraction of sp³-hybridized carbons (Fsp3) is 0.387. The molecule has 0 aliphatic carbocycles. The maximum Gasteiger partial charge on any atom is 0.232 e. The van der Waals surface area contributed by atoms with Crippen LogP contribution in [0.5, 0.6) is 0 Å². The van der Waals surface area contributed by atoms with Crippen molar-refractivity contribution in [1.29, 1.82) is 0 Å². The number of aromatic nitrogens is 1. The average Bonchev–Trinajstić information content (AvgIpc) is 2.83. The number of nitrogens with zero attached hydrogens (tertiary/aromatic N) is 1. The standard InChI is InChI=1S/C31H39N3O2/c1-20(2)18-24-10-14-26(15-11-24)22(5)30(35)33-28-8-7-9-29(32-28)34-31(36)23(6)27-16-12-25(13-17-27)19-21(3)4/h7-17,20-23H,18-19H2,1-6H3,(H2,32,33,34,35,36)/t22-,23+. The minimum Gasteiger partial charge on any atom is -0.310 e. The third-order valence-corrected chi connectivity index (χ3v) is 6.29. The molecule has 0 fully saturated rings. The molecule has 3 rings (SSSR count). The van der Waals surface area contributed by atoms with Crippen LogP contribution in [0.2, 0.25) is 0 Å². The van der Waals surface area contributed by atoms with Crippen LogP contribution < -0.4 is 10.6 Å². The lowest BCUT2D eigenvalue weighted by Gasteiger charge is -2.15. The molecule has 0 bridgehead atoms. The summed E-state index contributed by atoms with van der Waals surface area (Å²) in [4.78, 5) is 30.2. The van der Waals surface area contributed by atoms with E-state index in [1.165, 1.54) is 11.1 Å². The lowest BCUT2D eigenvalue weighted by Crippen LogP contribution is -2.21. The van der Waals surface area contributed by atoms with Crippen molar-refractivity contribution in [3.63, 3.8) is 0 Å². The van der Waals surface area contributed by atoms with Crippen molar-refractivity contribution in [2.45, 2.75) is 66.2 Å². The van der Waals surface area contributed by atoms with E-state index in [4.69, 9.17) is 0 Å². The van der Waals surface area contributed by atoms with E-state index in [-0.39, 0.29) is 23.7 Å². The molecule has 0 aliphatic heterocycles. The predicted molar refractivity (Wildman–Crippen MR) is 148 cm³/mol. The van der Waals surface area contributed by atoms with Crippen molar-refractivity contribution in [1.82, 2.24) is 4.98 Å². The Balaban J connectivity index is 1.60. The van der Waals surface area contributed by atoms with E-state index in [1.807, 2.05) is 38.1 Å². The fourth-order valence-electron chi connectivity index (χ4n) is 4.17. The number of pyridine rings is 1. The molecule has 1 heterocycles. The number of carbonyl (C=O) groups is 2. The van der Waals surface area contributed by atoms with Crippen LogP contribution in [0.3, 0.4) is 0 Å². The summed E-state index contributed by atoms with van der Waals surface area (Å²) in [5.41, 5.74) is 4.45. The molecule has 2 atom stereocenters. The number of carbonyl (C=O) groups excluding carboxylic acids is 2. The Bertz CT molecular complexity index is 1060. The first kappa shape index (κ1) is 27.1. The molecule has 0 saturated carbocycles. The summed E-state index contributed by atoms with van der Waals surface area (Å²) in [6.07, 6.45) is 2.04. The van der Waals surface area contributed by atoms with Gasteiger partial charge in [-0.1, -0.05) is 82.3 Å². The van der Waals surface area contributed by atoms with E-state index < -0.39 is 0 Å². The summed E-state index contributed by atoms with van der Waals surface area (Å²) in [6.45, 7) is 12.5. The van der Waals surface area contributed by atoms with Crippen LogP contribution in [0.4, 0.5) is 11.6 Å². The van der Waals surface area contributed by atoms with Gasteiger partial charge in [-0.05, 0) is 72.9 Å². The average molecular weight is 486 g/mol. The van der Waals surface area contributed by atoms with Gasteiger partial charge >= 0.3 is 0 Å². The van der Waals surface area contributed by atoms with E-state index in [0.717, 1.165) is 24.0 Å². The van der Waals surface area contributed by atoms with E-state index in [9.17, 15) is 9.59 Å². The molecule has 2 amide bonds. The number of anilines is 2. The second kappa shape index (κ2) is 12.5. The van der Waals surface area contributed by atoms with Gasteiger partial charge in [-0.2, -0.15) is 0 Å². The molecule has 0 saturated heterocycles. The van der Waals surface area contributed by atoms with Gasteiger partial charge in [0.15, 0.2) is 0 Å². The SMILES string of the molecule is CC(C)Cc1ccc([C@H](C)C(=O)Nc2cccc(NC(=O)[C@H](C)c3ccc(CC(C)C)cc3)n2)cc1. The number of hydrogen-bond acceptors (Lipinski definition) is 3. The summed E-state index contributed by atoms with van der Waals surface area (Å²) in [5, 5.41) is 5.76. The number of amides is 2. The zero-order valence-corrected chi connectivity index (χ0v) is 22.3. The lowest BCUT2D eigenvalue weighted by molar-refractivity contribution is -0.118. The second-order valence-electron chi connectivity index (χ2n) is 10.5. The Hall–Kier alpha value is -3.47. The van der Waals surface area contributed by atoms with Gasteiger partial charge in [0.25, 0.3) is 0 Å². The Morgan fingerprint density at radius 3 is 1.31 bits per heavy atom. The van der Waals surface area contributed by atoms with Crippen LogP contribution in [0.15, 0.2) is 66.7 Å². The quantitative estimate of drug-likeness (QED) is 0.326. The Morgan fingerprint density at radius 1 is 0.611 bits per heavy atom. The second-order valence-corrected chi connectivity index (χ2v) is 10.5. The topological polar surface area (TPSA) is 71.1 Å². The predicted octanol–water partition coefficient (Wildman–Crippen LogP) is 6.96. The molecule has 0 spiro atoms. The van der Waals surface area contributed by atoms with Gasteiger partial charge in [-0.15, -0.1) is 0 Å². The van der Waals surface area contributed by atoms with Crippen LogP contribution >= 0.6 is 0 Å².